The number of anilines is 1. The van der Waals surface area contributed by atoms with Gasteiger partial charge in [-0.05, 0) is 22.6 Å². The molecule has 19 heavy (non-hydrogen) atoms. The predicted octanol–water partition coefficient (Wildman–Crippen LogP) is 0.259. The van der Waals surface area contributed by atoms with Crippen LogP contribution in [0.3, 0.4) is 0 Å². The summed E-state index contributed by atoms with van der Waals surface area (Å²) >= 11 is 2.16. The van der Waals surface area contributed by atoms with Crippen molar-refractivity contribution in [1.82, 2.24) is 14.5 Å². The highest BCUT2D eigenvalue weighted by atomic mass is 127. The number of rotatable bonds is 2. The fraction of sp³-hybridized carbons (Fsp3) is 0.455. The molecule has 0 bridgehead atoms. The lowest BCUT2D eigenvalue weighted by atomic mass is 10.2. The van der Waals surface area contributed by atoms with Gasteiger partial charge in [-0.3, -0.25) is 0 Å². The van der Waals surface area contributed by atoms with Crippen LogP contribution in [0.25, 0.3) is 11.0 Å². The van der Waals surface area contributed by atoms with Crippen molar-refractivity contribution in [2.45, 2.75) is 24.9 Å². The van der Waals surface area contributed by atoms with Crippen LogP contribution in [0.1, 0.15) is 12.6 Å². The molecular formula is C11H13IN4O3. The number of hydrogen-bond donors (Lipinski definition) is 3. The smallest absolute Gasteiger partial charge is 0.148 e. The first-order valence-corrected chi connectivity index (χ1v) is 6.90. The lowest BCUT2D eigenvalue weighted by Gasteiger charge is -2.14. The van der Waals surface area contributed by atoms with Gasteiger partial charge in [-0.1, -0.05) is 0 Å². The van der Waals surface area contributed by atoms with Crippen molar-refractivity contribution < 1.29 is 14.9 Å². The number of aliphatic hydroxyl groups is 2. The van der Waals surface area contributed by atoms with E-state index in [1.165, 1.54) is 6.33 Å². The topological polar surface area (TPSA) is 106 Å². The lowest BCUT2D eigenvalue weighted by molar-refractivity contribution is -0.0430. The molecule has 2 aromatic heterocycles. The van der Waals surface area contributed by atoms with Gasteiger partial charge in [0, 0.05) is 16.2 Å². The number of fused-ring (bicyclic) bond motifs is 1. The van der Waals surface area contributed by atoms with Crippen LogP contribution < -0.4 is 5.73 Å². The standard InChI is InChI=1S/C11H13IN4O3/c12-5-2-16(8-1-6(18)7(3-17)19-8)11-9(5)10(13)14-4-15-11/h2,4,6-8,17-18H,1,3H2,(H2,13,14,15)/t6-,7+,8?/m1/s1. The molecule has 0 amide bonds. The highest BCUT2D eigenvalue weighted by Gasteiger charge is 2.35. The Hall–Kier alpha value is -0.970. The van der Waals surface area contributed by atoms with E-state index >= 15 is 0 Å². The van der Waals surface area contributed by atoms with Crippen molar-refractivity contribution in [2.24, 2.45) is 0 Å². The molecule has 0 aromatic carbocycles. The Morgan fingerprint density at radius 1 is 1.53 bits per heavy atom. The second kappa shape index (κ2) is 4.85. The van der Waals surface area contributed by atoms with E-state index in [-0.39, 0.29) is 12.8 Å². The average molecular weight is 376 g/mol. The minimum atomic E-state index is -0.677. The molecule has 7 nitrogen and oxygen atoms in total. The van der Waals surface area contributed by atoms with Gasteiger partial charge in [-0.15, -0.1) is 0 Å². The molecule has 1 aliphatic heterocycles. The first-order valence-electron chi connectivity index (χ1n) is 5.82. The zero-order chi connectivity index (χ0) is 13.6. The number of nitrogens with two attached hydrogens (primary N) is 1. The number of aliphatic hydroxyl groups excluding tert-OH is 2. The first-order chi connectivity index (χ1) is 9.11. The molecule has 3 heterocycles. The number of halogens is 1. The third-order valence-corrected chi connectivity index (χ3v) is 4.10. The van der Waals surface area contributed by atoms with E-state index in [1.807, 2.05) is 10.8 Å². The summed E-state index contributed by atoms with van der Waals surface area (Å²) in [5.41, 5.74) is 6.52. The van der Waals surface area contributed by atoms with E-state index in [2.05, 4.69) is 32.6 Å². The van der Waals surface area contributed by atoms with Gasteiger partial charge in [-0.2, -0.15) is 0 Å². The normalized spacial score (nSPS) is 27.2. The summed E-state index contributed by atoms with van der Waals surface area (Å²) in [7, 11) is 0. The number of nitrogens with zero attached hydrogens (tertiary/aromatic N) is 3. The van der Waals surface area contributed by atoms with E-state index < -0.39 is 12.2 Å². The molecule has 0 spiro atoms. The molecule has 1 saturated heterocycles. The lowest BCUT2D eigenvalue weighted by Crippen LogP contribution is -2.24. The molecule has 3 rings (SSSR count). The highest BCUT2D eigenvalue weighted by molar-refractivity contribution is 14.1. The molecule has 3 atom stereocenters. The Kier molecular flexibility index (Phi) is 3.33. The largest absolute Gasteiger partial charge is 0.394 e. The van der Waals surface area contributed by atoms with Crippen molar-refractivity contribution in [3.8, 4) is 0 Å². The first kappa shape index (κ1) is 13.0. The SMILES string of the molecule is Nc1ncnc2c1c(I)cn2C1C[C@@H](O)[C@H](CO)O1. The van der Waals surface area contributed by atoms with Gasteiger partial charge in [0.05, 0.1) is 18.1 Å². The summed E-state index contributed by atoms with van der Waals surface area (Å²) in [6, 6.07) is 0. The van der Waals surface area contributed by atoms with E-state index in [9.17, 15) is 5.11 Å². The second-order valence-corrected chi connectivity index (χ2v) is 5.62. The van der Waals surface area contributed by atoms with Crippen LogP contribution in [0.2, 0.25) is 0 Å². The predicted molar refractivity (Wildman–Crippen MR) is 76.3 cm³/mol. The third-order valence-electron chi connectivity index (χ3n) is 3.29. The quantitative estimate of drug-likeness (QED) is 0.650. The molecule has 102 valence electrons. The van der Waals surface area contributed by atoms with Crippen molar-refractivity contribution >= 4 is 39.4 Å². The second-order valence-electron chi connectivity index (χ2n) is 4.46. The van der Waals surface area contributed by atoms with Gasteiger partial charge < -0.3 is 25.3 Å². The Balaban J connectivity index is 2.05. The third kappa shape index (κ3) is 2.08. The van der Waals surface area contributed by atoms with Crippen molar-refractivity contribution in [3.05, 3.63) is 16.1 Å². The van der Waals surface area contributed by atoms with Crippen molar-refractivity contribution in [3.63, 3.8) is 0 Å². The number of nitrogen functional groups attached to an aromatic ring is 1. The fourth-order valence-electron chi connectivity index (χ4n) is 2.33. The molecule has 1 aliphatic rings. The van der Waals surface area contributed by atoms with Crippen LogP contribution in [0.5, 0.6) is 0 Å². The van der Waals surface area contributed by atoms with E-state index in [1.54, 1.807) is 0 Å². The molecule has 1 fully saturated rings. The Bertz CT molecular complexity index is 617. The average Bonchev–Trinajstić information content (AvgIpc) is 2.91. The Morgan fingerprint density at radius 3 is 3.00 bits per heavy atom. The summed E-state index contributed by atoms with van der Waals surface area (Å²) in [6.45, 7) is -0.203. The maximum Gasteiger partial charge on any atom is 0.148 e. The summed E-state index contributed by atoms with van der Waals surface area (Å²) in [4.78, 5) is 8.20. The Labute approximate surface area is 122 Å². The maximum absolute atomic E-state index is 9.80. The van der Waals surface area contributed by atoms with Crippen molar-refractivity contribution in [2.75, 3.05) is 12.3 Å². The zero-order valence-electron chi connectivity index (χ0n) is 9.90. The molecular weight excluding hydrogens is 363 g/mol. The molecule has 0 aliphatic carbocycles. The van der Waals surface area contributed by atoms with Crippen LogP contribution in [0, 0.1) is 3.57 Å². The minimum absolute atomic E-state index is 0.203. The van der Waals surface area contributed by atoms with Gasteiger partial charge in [0.1, 0.15) is 30.1 Å². The van der Waals surface area contributed by atoms with Gasteiger partial charge in [0.2, 0.25) is 0 Å². The molecule has 2 aromatic rings. The van der Waals surface area contributed by atoms with Gasteiger partial charge >= 0.3 is 0 Å². The van der Waals surface area contributed by atoms with Crippen LogP contribution in [-0.2, 0) is 4.74 Å². The van der Waals surface area contributed by atoms with Gasteiger partial charge in [0.15, 0.2) is 0 Å². The summed E-state index contributed by atoms with van der Waals surface area (Å²) < 4.78 is 8.38. The van der Waals surface area contributed by atoms with E-state index in [0.717, 1.165) is 8.96 Å². The summed E-state index contributed by atoms with van der Waals surface area (Å²) in [6.07, 6.45) is 2.10. The van der Waals surface area contributed by atoms with Crippen LogP contribution in [0.15, 0.2) is 12.5 Å². The van der Waals surface area contributed by atoms with Crippen LogP contribution in [-0.4, -0.2) is 43.6 Å². The van der Waals surface area contributed by atoms with Gasteiger partial charge in [-0.25, -0.2) is 9.97 Å². The number of aromatic nitrogens is 3. The van der Waals surface area contributed by atoms with Crippen LogP contribution in [0.4, 0.5) is 5.82 Å². The van der Waals surface area contributed by atoms with Crippen LogP contribution >= 0.6 is 22.6 Å². The monoisotopic (exact) mass is 376 g/mol. The fourth-order valence-corrected chi connectivity index (χ4v) is 3.15. The molecule has 1 unspecified atom stereocenters. The highest BCUT2D eigenvalue weighted by Crippen LogP contribution is 2.34. The number of hydrogen-bond acceptors (Lipinski definition) is 6. The molecule has 0 radical (unpaired) electrons. The zero-order valence-corrected chi connectivity index (χ0v) is 12.1. The maximum atomic E-state index is 9.80. The van der Waals surface area contributed by atoms with E-state index in [0.29, 0.717) is 17.9 Å². The minimum Gasteiger partial charge on any atom is -0.394 e. The number of ether oxygens (including phenoxy) is 1. The molecule has 8 heteroatoms. The Morgan fingerprint density at radius 2 is 2.32 bits per heavy atom. The molecule has 4 N–H and O–H groups in total. The van der Waals surface area contributed by atoms with Crippen molar-refractivity contribution in [1.29, 1.82) is 0 Å². The molecule has 0 saturated carbocycles. The summed E-state index contributed by atoms with van der Waals surface area (Å²) in [5.74, 6) is 0.422. The van der Waals surface area contributed by atoms with E-state index in [4.69, 9.17) is 15.6 Å². The van der Waals surface area contributed by atoms with Gasteiger partial charge in [0.25, 0.3) is 0 Å². The summed E-state index contributed by atoms with van der Waals surface area (Å²) in [5, 5.41) is 19.7.